The first-order chi connectivity index (χ1) is 18.9. The molecule has 39 heavy (non-hydrogen) atoms. The molecule has 0 radical (unpaired) electrons. The average molecular weight is 543 g/mol. The quantitative estimate of drug-likeness (QED) is 0.126. The standard InChI is InChI=1S/C30H23ClN2O6/c1-20(37-25-14-8-13-24(31)17-25)28(34)33-32-19-23-15-16-26(38-29(35)21-9-4-2-5-10-21)18-27(23)39-30(36)22-11-6-3-7-12-22/h2-20H,1H3,(H,33,34). The highest BCUT2D eigenvalue weighted by Crippen LogP contribution is 2.26. The van der Waals surface area contributed by atoms with Crippen molar-refractivity contribution in [3.8, 4) is 17.2 Å². The van der Waals surface area contributed by atoms with E-state index in [9.17, 15) is 14.4 Å². The summed E-state index contributed by atoms with van der Waals surface area (Å²) < 4.78 is 16.6. The summed E-state index contributed by atoms with van der Waals surface area (Å²) in [7, 11) is 0. The van der Waals surface area contributed by atoms with Gasteiger partial charge in [-0.2, -0.15) is 5.10 Å². The molecule has 0 saturated carbocycles. The predicted octanol–water partition coefficient (Wildman–Crippen LogP) is 5.70. The van der Waals surface area contributed by atoms with Crippen LogP contribution in [0.3, 0.4) is 0 Å². The summed E-state index contributed by atoms with van der Waals surface area (Å²) in [6.45, 7) is 1.56. The van der Waals surface area contributed by atoms with Gasteiger partial charge in [-0.1, -0.05) is 54.1 Å². The van der Waals surface area contributed by atoms with Crippen LogP contribution in [0.15, 0.2) is 108 Å². The maximum atomic E-state index is 12.7. The first kappa shape index (κ1) is 27.1. The number of benzene rings is 4. The molecule has 0 aromatic heterocycles. The Kier molecular flexibility index (Phi) is 9.05. The van der Waals surface area contributed by atoms with Gasteiger partial charge in [0.15, 0.2) is 6.10 Å². The van der Waals surface area contributed by atoms with Gasteiger partial charge in [-0.15, -0.1) is 0 Å². The SMILES string of the molecule is CC(Oc1cccc(Cl)c1)C(=O)NN=Cc1ccc(OC(=O)c2ccccc2)cc1OC(=O)c1ccccc1. The Morgan fingerprint density at radius 2 is 1.41 bits per heavy atom. The van der Waals surface area contributed by atoms with Crippen LogP contribution < -0.4 is 19.6 Å². The third-order valence-corrected chi connectivity index (χ3v) is 5.51. The minimum absolute atomic E-state index is 0.0726. The smallest absolute Gasteiger partial charge is 0.343 e. The molecular weight excluding hydrogens is 520 g/mol. The largest absolute Gasteiger partial charge is 0.481 e. The average Bonchev–Trinajstić information content (AvgIpc) is 2.95. The number of hydrogen-bond acceptors (Lipinski definition) is 7. The van der Waals surface area contributed by atoms with Crippen molar-refractivity contribution in [1.82, 2.24) is 5.43 Å². The zero-order valence-corrected chi connectivity index (χ0v) is 21.5. The van der Waals surface area contributed by atoms with Gasteiger partial charge < -0.3 is 14.2 Å². The van der Waals surface area contributed by atoms with Gasteiger partial charge >= 0.3 is 11.9 Å². The molecule has 9 heteroatoms. The van der Waals surface area contributed by atoms with Gasteiger partial charge in [0.05, 0.1) is 17.3 Å². The summed E-state index contributed by atoms with van der Waals surface area (Å²) >= 11 is 5.95. The number of hydrogen-bond donors (Lipinski definition) is 1. The van der Waals surface area contributed by atoms with Crippen LogP contribution in [0.4, 0.5) is 0 Å². The Morgan fingerprint density at radius 3 is 2.05 bits per heavy atom. The third kappa shape index (κ3) is 7.77. The molecule has 0 fully saturated rings. The fourth-order valence-corrected chi connectivity index (χ4v) is 3.48. The molecule has 1 N–H and O–H groups in total. The van der Waals surface area contributed by atoms with Gasteiger partial charge in [-0.3, -0.25) is 4.79 Å². The van der Waals surface area contributed by atoms with Crippen molar-refractivity contribution < 1.29 is 28.6 Å². The van der Waals surface area contributed by atoms with Crippen molar-refractivity contribution in [1.29, 1.82) is 0 Å². The fourth-order valence-electron chi connectivity index (χ4n) is 3.30. The number of carbonyl (C=O) groups excluding carboxylic acids is 3. The number of carbonyl (C=O) groups is 3. The molecule has 4 aromatic rings. The number of hydrazone groups is 1. The lowest BCUT2D eigenvalue weighted by atomic mass is 10.2. The van der Waals surface area contributed by atoms with Crippen molar-refractivity contribution in [2.24, 2.45) is 5.10 Å². The highest BCUT2D eigenvalue weighted by Gasteiger charge is 2.16. The van der Waals surface area contributed by atoms with Crippen LogP contribution in [0, 0.1) is 0 Å². The summed E-state index contributed by atoms with van der Waals surface area (Å²) in [6.07, 6.45) is 0.441. The van der Waals surface area contributed by atoms with E-state index in [0.29, 0.717) is 27.5 Å². The lowest BCUT2D eigenvalue weighted by Crippen LogP contribution is -2.33. The van der Waals surface area contributed by atoms with E-state index in [2.05, 4.69) is 10.5 Å². The number of halogens is 1. The van der Waals surface area contributed by atoms with Crippen LogP contribution >= 0.6 is 11.6 Å². The highest BCUT2D eigenvalue weighted by molar-refractivity contribution is 6.30. The molecule has 0 saturated heterocycles. The molecule has 1 unspecified atom stereocenters. The van der Waals surface area contributed by atoms with Gasteiger partial charge in [0.1, 0.15) is 17.2 Å². The first-order valence-corrected chi connectivity index (χ1v) is 12.2. The number of ether oxygens (including phenoxy) is 3. The van der Waals surface area contributed by atoms with Crippen LogP contribution in [-0.4, -0.2) is 30.2 Å². The van der Waals surface area contributed by atoms with E-state index in [-0.39, 0.29) is 11.5 Å². The van der Waals surface area contributed by atoms with Crippen LogP contribution in [0.5, 0.6) is 17.2 Å². The van der Waals surface area contributed by atoms with Crippen molar-refractivity contribution in [2.75, 3.05) is 0 Å². The Hall–Kier alpha value is -4.95. The molecule has 1 amide bonds. The summed E-state index contributed by atoms with van der Waals surface area (Å²) in [5.41, 5.74) is 3.43. The predicted molar refractivity (Wildman–Crippen MR) is 147 cm³/mol. The maximum Gasteiger partial charge on any atom is 0.343 e. The zero-order chi connectivity index (χ0) is 27.6. The number of nitrogens with one attached hydrogen (secondary N) is 1. The highest BCUT2D eigenvalue weighted by atomic mass is 35.5. The zero-order valence-electron chi connectivity index (χ0n) is 20.7. The number of rotatable bonds is 9. The molecule has 1 atom stereocenters. The van der Waals surface area contributed by atoms with Gasteiger partial charge in [-0.05, 0) is 61.5 Å². The lowest BCUT2D eigenvalue weighted by Gasteiger charge is -2.13. The maximum absolute atomic E-state index is 12.7. The minimum Gasteiger partial charge on any atom is -0.481 e. The summed E-state index contributed by atoms with van der Waals surface area (Å²) in [6, 6.07) is 28.0. The van der Waals surface area contributed by atoms with E-state index in [1.807, 2.05) is 0 Å². The summed E-state index contributed by atoms with van der Waals surface area (Å²) in [5.74, 6) is -1.04. The second-order valence-corrected chi connectivity index (χ2v) is 8.60. The van der Waals surface area contributed by atoms with Crippen molar-refractivity contribution in [3.63, 3.8) is 0 Å². The third-order valence-electron chi connectivity index (χ3n) is 5.27. The summed E-state index contributed by atoms with van der Waals surface area (Å²) in [5, 5.41) is 4.45. The molecule has 8 nitrogen and oxygen atoms in total. The number of nitrogens with zero attached hydrogens (tertiary/aromatic N) is 1. The molecule has 0 aliphatic heterocycles. The minimum atomic E-state index is -0.865. The number of esters is 2. The van der Waals surface area contributed by atoms with E-state index in [0.717, 1.165) is 0 Å². The summed E-state index contributed by atoms with van der Waals surface area (Å²) in [4.78, 5) is 37.7. The molecule has 0 spiro atoms. The normalized spacial score (nSPS) is 11.4. The van der Waals surface area contributed by atoms with Gasteiger partial charge in [0, 0.05) is 16.7 Å². The Balaban J connectivity index is 1.49. The van der Waals surface area contributed by atoms with E-state index in [1.165, 1.54) is 18.3 Å². The van der Waals surface area contributed by atoms with Crippen molar-refractivity contribution >= 4 is 35.7 Å². The molecule has 196 valence electrons. The number of amides is 1. The second kappa shape index (κ2) is 13.0. The molecule has 4 rings (SSSR count). The van der Waals surface area contributed by atoms with Crippen molar-refractivity contribution in [3.05, 3.63) is 125 Å². The molecule has 0 heterocycles. The molecular formula is C30H23ClN2O6. The van der Waals surface area contributed by atoms with E-state index in [1.54, 1.807) is 97.9 Å². The van der Waals surface area contributed by atoms with Gasteiger partial charge in [0.2, 0.25) is 0 Å². The molecule has 0 aliphatic rings. The van der Waals surface area contributed by atoms with Crippen LogP contribution in [0.2, 0.25) is 5.02 Å². The molecule has 0 bridgehead atoms. The van der Waals surface area contributed by atoms with E-state index >= 15 is 0 Å². The Bertz CT molecular complexity index is 1490. The topological polar surface area (TPSA) is 103 Å². The monoisotopic (exact) mass is 542 g/mol. The van der Waals surface area contributed by atoms with E-state index in [4.69, 9.17) is 25.8 Å². The van der Waals surface area contributed by atoms with Crippen LogP contribution in [0.25, 0.3) is 0 Å². The van der Waals surface area contributed by atoms with Crippen LogP contribution in [0.1, 0.15) is 33.2 Å². The van der Waals surface area contributed by atoms with Crippen LogP contribution in [-0.2, 0) is 4.79 Å². The molecule has 4 aromatic carbocycles. The first-order valence-electron chi connectivity index (χ1n) is 11.8. The van der Waals surface area contributed by atoms with Gasteiger partial charge in [-0.25, -0.2) is 15.0 Å². The fraction of sp³-hybridized carbons (Fsp3) is 0.0667. The van der Waals surface area contributed by atoms with Gasteiger partial charge in [0.25, 0.3) is 5.91 Å². The second-order valence-electron chi connectivity index (χ2n) is 8.16. The molecule has 0 aliphatic carbocycles. The Labute approximate surface area is 229 Å². The van der Waals surface area contributed by atoms with Crippen molar-refractivity contribution in [2.45, 2.75) is 13.0 Å². The Morgan fingerprint density at radius 1 is 0.769 bits per heavy atom. The van der Waals surface area contributed by atoms with E-state index < -0.39 is 23.9 Å². The lowest BCUT2D eigenvalue weighted by molar-refractivity contribution is -0.127.